The summed E-state index contributed by atoms with van der Waals surface area (Å²) in [6.45, 7) is -1.35. The minimum absolute atomic E-state index is 0.0942. The SMILES string of the molecule is Cn1cc(N)cc1C(=O)NCC(F)(F)F. The molecule has 0 spiro atoms. The van der Waals surface area contributed by atoms with Crippen LogP contribution in [0.2, 0.25) is 0 Å². The summed E-state index contributed by atoms with van der Waals surface area (Å²) in [5.74, 6) is -0.800. The van der Waals surface area contributed by atoms with E-state index in [2.05, 4.69) is 0 Å². The van der Waals surface area contributed by atoms with Gasteiger partial charge in [0.05, 0.1) is 5.69 Å². The minimum atomic E-state index is -4.41. The predicted octanol–water partition coefficient (Wildman–Crippen LogP) is 0.899. The summed E-state index contributed by atoms with van der Waals surface area (Å²) < 4.78 is 36.7. The molecule has 0 aromatic carbocycles. The van der Waals surface area contributed by atoms with Crippen molar-refractivity contribution in [1.82, 2.24) is 9.88 Å². The number of aromatic nitrogens is 1. The van der Waals surface area contributed by atoms with E-state index in [0.717, 1.165) is 0 Å². The third-order valence-electron chi connectivity index (χ3n) is 1.71. The number of anilines is 1. The first-order valence-corrected chi connectivity index (χ1v) is 4.06. The first-order valence-electron chi connectivity index (χ1n) is 4.06. The highest BCUT2D eigenvalue weighted by molar-refractivity contribution is 5.93. The number of hydrogen-bond donors (Lipinski definition) is 2. The van der Waals surface area contributed by atoms with Gasteiger partial charge in [-0.05, 0) is 6.07 Å². The number of nitrogens with two attached hydrogens (primary N) is 1. The van der Waals surface area contributed by atoms with E-state index in [1.807, 2.05) is 0 Å². The molecule has 0 aliphatic carbocycles. The number of nitrogens with one attached hydrogen (secondary N) is 1. The molecule has 1 aromatic heterocycles. The quantitative estimate of drug-likeness (QED) is 0.779. The molecule has 0 aliphatic rings. The minimum Gasteiger partial charge on any atom is -0.397 e. The van der Waals surface area contributed by atoms with Crippen molar-refractivity contribution in [2.24, 2.45) is 7.05 Å². The molecule has 4 nitrogen and oxygen atoms in total. The number of rotatable bonds is 2. The van der Waals surface area contributed by atoms with Crippen molar-refractivity contribution in [3.63, 3.8) is 0 Å². The van der Waals surface area contributed by atoms with Gasteiger partial charge in [0.2, 0.25) is 0 Å². The molecule has 1 heterocycles. The first-order chi connectivity index (χ1) is 6.79. The second-order valence-electron chi connectivity index (χ2n) is 3.07. The zero-order chi connectivity index (χ0) is 11.6. The molecule has 0 unspecified atom stereocenters. The number of nitrogen functional groups attached to an aromatic ring is 1. The van der Waals surface area contributed by atoms with E-state index >= 15 is 0 Å². The number of carbonyl (C=O) groups excluding carboxylic acids is 1. The Balaban J connectivity index is 2.66. The van der Waals surface area contributed by atoms with Gasteiger partial charge in [-0.25, -0.2) is 0 Å². The molecule has 1 rings (SSSR count). The second kappa shape index (κ2) is 3.84. The summed E-state index contributed by atoms with van der Waals surface area (Å²) in [5, 5.41) is 1.75. The molecule has 1 aromatic rings. The standard InChI is InChI=1S/C8H10F3N3O/c1-14-3-5(12)2-6(14)7(15)13-4-8(9,10)11/h2-3H,4,12H2,1H3,(H,13,15). The fourth-order valence-corrected chi connectivity index (χ4v) is 1.09. The lowest BCUT2D eigenvalue weighted by atomic mass is 10.4. The van der Waals surface area contributed by atoms with E-state index < -0.39 is 18.6 Å². The summed E-state index contributed by atoms with van der Waals surface area (Å²) in [7, 11) is 1.53. The number of alkyl halides is 3. The maximum Gasteiger partial charge on any atom is 0.405 e. The fourth-order valence-electron chi connectivity index (χ4n) is 1.09. The van der Waals surface area contributed by atoms with Crippen LogP contribution in [-0.4, -0.2) is 23.2 Å². The van der Waals surface area contributed by atoms with E-state index in [9.17, 15) is 18.0 Å². The smallest absolute Gasteiger partial charge is 0.397 e. The van der Waals surface area contributed by atoms with Gasteiger partial charge >= 0.3 is 6.18 Å². The van der Waals surface area contributed by atoms with Crippen molar-refractivity contribution in [3.8, 4) is 0 Å². The van der Waals surface area contributed by atoms with Crippen LogP contribution in [-0.2, 0) is 7.05 Å². The Labute approximate surface area is 83.9 Å². The van der Waals surface area contributed by atoms with Gasteiger partial charge in [0.25, 0.3) is 5.91 Å². The maximum absolute atomic E-state index is 11.8. The molecule has 7 heteroatoms. The molecule has 3 N–H and O–H groups in total. The number of amides is 1. The molecule has 0 atom stereocenters. The van der Waals surface area contributed by atoms with Crippen LogP contribution in [0.4, 0.5) is 18.9 Å². The van der Waals surface area contributed by atoms with Gasteiger partial charge in [-0.1, -0.05) is 0 Å². The van der Waals surface area contributed by atoms with Crippen LogP contribution in [0.1, 0.15) is 10.5 Å². The van der Waals surface area contributed by atoms with Crippen LogP contribution < -0.4 is 11.1 Å². The van der Waals surface area contributed by atoms with Crippen LogP contribution in [0.15, 0.2) is 12.3 Å². The van der Waals surface area contributed by atoms with Crippen molar-refractivity contribution in [1.29, 1.82) is 0 Å². The number of aryl methyl sites for hydroxylation is 1. The summed E-state index contributed by atoms with van der Waals surface area (Å²) in [5.41, 5.74) is 5.80. The number of halogens is 3. The van der Waals surface area contributed by atoms with Gasteiger partial charge in [0.15, 0.2) is 0 Å². The molecule has 1 amide bonds. The third kappa shape index (κ3) is 3.19. The zero-order valence-corrected chi connectivity index (χ0v) is 7.93. The number of hydrogen-bond acceptors (Lipinski definition) is 2. The highest BCUT2D eigenvalue weighted by atomic mass is 19.4. The van der Waals surface area contributed by atoms with E-state index in [4.69, 9.17) is 5.73 Å². The molecule has 0 fully saturated rings. The average molecular weight is 221 g/mol. The van der Waals surface area contributed by atoms with Crippen molar-refractivity contribution in [3.05, 3.63) is 18.0 Å². The summed E-state index contributed by atoms with van der Waals surface area (Å²) in [4.78, 5) is 11.2. The van der Waals surface area contributed by atoms with Crippen molar-refractivity contribution >= 4 is 11.6 Å². The van der Waals surface area contributed by atoms with E-state index in [-0.39, 0.29) is 5.69 Å². The van der Waals surface area contributed by atoms with E-state index in [1.165, 1.54) is 23.9 Å². The summed E-state index contributed by atoms with van der Waals surface area (Å²) in [6.07, 6.45) is -2.96. The lowest BCUT2D eigenvalue weighted by molar-refractivity contribution is -0.123. The lowest BCUT2D eigenvalue weighted by Gasteiger charge is -2.08. The molecule has 0 saturated heterocycles. The van der Waals surface area contributed by atoms with Crippen LogP contribution >= 0.6 is 0 Å². The lowest BCUT2D eigenvalue weighted by Crippen LogP contribution is -2.34. The van der Waals surface area contributed by atoms with Gasteiger partial charge in [0, 0.05) is 13.2 Å². The first kappa shape index (κ1) is 11.4. The van der Waals surface area contributed by atoms with E-state index in [0.29, 0.717) is 5.69 Å². The summed E-state index contributed by atoms with van der Waals surface area (Å²) in [6, 6.07) is 1.31. The fraction of sp³-hybridized carbons (Fsp3) is 0.375. The highest BCUT2D eigenvalue weighted by Crippen LogP contribution is 2.13. The molecule has 0 radical (unpaired) electrons. The molecule has 0 bridgehead atoms. The molecule has 15 heavy (non-hydrogen) atoms. The van der Waals surface area contributed by atoms with Crippen LogP contribution in [0, 0.1) is 0 Å². The van der Waals surface area contributed by atoms with Gasteiger partial charge in [-0.3, -0.25) is 4.79 Å². The number of nitrogens with zero attached hydrogens (tertiary/aromatic N) is 1. The predicted molar refractivity (Wildman–Crippen MR) is 48.2 cm³/mol. The molecular weight excluding hydrogens is 211 g/mol. The molecule has 0 aliphatic heterocycles. The summed E-state index contributed by atoms with van der Waals surface area (Å²) >= 11 is 0. The number of carbonyl (C=O) groups is 1. The monoisotopic (exact) mass is 221 g/mol. The Hall–Kier alpha value is -1.66. The Bertz CT molecular complexity index is 370. The van der Waals surface area contributed by atoms with Crippen molar-refractivity contribution in [2.75, 3.05) is 12.3 Å². The van der Waals surface area contributed by atoms with E-state index in [1.54, 1.807) is 5.32 Å². The van der Waals surface area contributed by atoms with Gasteiger partial charge in [0.1, 0.15) is 12.2 Å². The Morgan fingerprint density at radius 1 is 1.60 bits per heavy atom. The van der Waals surface area contributed by atoms with Crippen molar-refractivity contribution < 1.29 is 18.0 Å². The Kier molecular flexibility index (Phi) is 2.92. The Morgan fingerprint density at radius 3 is 2.60 bits per heavy atom. The zero-order valence-electron chi connectivity index (χ0n) is 7.93. The van der Waals surface area contributed by atoms with Crippen molar-refractivity contribution in [2.45, 2.75) is 6.18 Å². The molecule has 0 saturated carbocycles. The Morgan fingerprint density at radius 2 is 2.20 bits per heavy atom. The van der Waals surface area contributed by atoms with Crippen LogP contribution in [0.25, 0.3) is 0 Å². The van der Waals surface area contributed by atoms with Gasteiger partial charge in [-0.15, -0.1) is 0 Å². The second-order valence-corrected chi connectivity index (χ2v) is 3.07. The maximum atomic E-state index is 11.8. The largest absolute Gasteiger partial charge is 0.405 e. The van der Waals surface area contributed by atoms with Crippen LogP contribution in [0.5, 0.6) is 0 Å². The third-order valence-corrected chi connectivity index (χ3v) is 1.71. The average Bonchev–Trinajstić information content (AvgIpc) is 2.40. The van der Waals surface area contributed by atoms with Gasteiger partial charge < -0.3 is 15.6 Å². The van der Waals surface area contributed by atoms with Gasteiger partial charge in [-0.2, -0.15) is 13.2 Å². The topological polar surface area (TPSA) is 60.0 Å². The van der Waals surface area contributed by atoms with Crippen LogP contribution in [0.3, 0.4) is 0 Å². The highest BCUT2D eigenvalue weighted by Gasteiger charge is 2.28. The normalized spacial score (nSPS) is 11.5. The molecule has 84 valence electrons. The molecular formula is C8H10F3N3O.